The summed E-state index contributed by atoms with van der Waals surface area (Å²) in [5.74, 6) is -0.368. The summed E-state index contributed by atoms with van der Waals surface area (Å²) in [5, 5.41) is 3.13. The Labute approximate surface area is 125 Å². The highest BCUT2D eigenvalue weighted by molar-refractivity contribution is 9.10. The van der Waals surface area contributed by atoms with E-state index in [2.05, 4.69) is 21.2 Å². The highest BCUT2D eigenvalue weighted by Gasteiger charge is 2.44. The topological polar surface area (TPSA) is 49.4 Å². The highest BCUT2D eigenvalue weighted by Crippen LogP contribution is 2.33. The fraction of sp³-hybridized carbons (Fsp3) is 0.385. The van der Waals surface area contributed by atoms with Gasteiger partial charge >= 0.3 is 0 Å². The Morgan fingerprint density at radius 2 is 2.00 bits per heavy atom. The van der Waals surface area contributed by atoms with Gasteiger partial charge in [-0.1, -0.05) is 27.5 Å². The first-order chi connectivity index (χ1) is 8.74. The lowest BCUT2D eigenvalue weighted by Gasteiger charge is -2.41. The number of nitrogens with one attached hydrogen (secondary N) is 1. The summed E-state index contributed by atoms with van der Waals surface area (Å²) in [7, 11) is 0. The summed E-state index contributed by atoms with van der Waals surface area (Å²) >= 11 is 9.50. The van der Waals surface area contributed by atoms with Crippen LogP contribution in [0.25, 0.3) is 0 Å². The summed E-state index contributed by atoms with van der Waals surface area (Å²) in [6.45, 7) is 5.04. The average molecular weight is 346 g/mol. The minimum atomic E-state index is -0.931. The Morgan fingerprint density at radius 3 is 2.58 bits per heavy atom. The maximum absolute atomic E-state index is 12.5. The van der Waals surface area contributed by atoms with Gasteiger partial charge in [0.05, 0.1) is 10.7 Å². The van der Waals surface area contributed by atoms with Crippen LogP contribution in [-0.2, 0) is 9.59 Å². The van der Waals surface area contributed by atoms with E-state index in [1.165, 1.54) is 4.90 Å². The van der Waals surface area contributed by atoms with Crippen molar-refractivity contribution in [2.75, 3.05) is 4.90 Å². The minimum absolute atomic E-state index is 0.177. The molecule has 0 aromatic heterocycles. The molecule has 1 saturated heterocycles. The van der Waals surface area contributed by atoms with Crippen molar-refractivity contribution < 1.29 is 9.59 Å². The summed E-state index contributed by atoms with van der Waals surface area (Å²) in [6, 6.07) is 4.64. The maximum atomic E-state index is 12.5. The number of benzene rings is 1. The fourth-order valence-corrected chi connectivity index (χ4v) is 2.82. The molecule has 1 N–H and O–H groups in total. The van der Waals surface area contributed by atoms with Crippen LogP contribution in [0.4, 0.5) is 5.69 Å². The average Bonchev–Trinajstić information content (AvgIpc) is 2.29. The van der Waals surface area contributed by atoms with Gasteiger partial charge in [0.1, 0.15) is 11.6 Å². The zero-order valence-corrected chi connectivity index (χ0v) is 13.2. The van der Waals surface area contributed by atoms with Crippen LogP contribution in [0.5, 0.6) is 0 Å². The molecule has 4 nitrogen and oxygen atoms in total. The predicted octanol–water partition coefficient (Wildman–Crippen LogP) is 2.73. The van der Waals surface area contributed by atoms with E-state index in [-0.39, 0.29) is 11.8 Å². The molecular weight excluding hydrogens is 332 g/mol. The lowest BCUT2D eigenvalue weighted by Crippen LogP contribution is -2.67. The summed E-state index contributed by atoms with van der Waals surface area (Å²) in [4.78, 5) is 25.9. The molecule has 1 aliphatic rings. The van der Waals surface area contributed by atoms with E-state index in [9.17, 15) is 9.59 Å². The van der Waals surface area contributed by atoms with Crippen molar-refractivity contribution in [3.63, 3.8) is 0 Å². The van der Waals surface area contributed by atoms with E-state index >= 15 is 0 Å². The number of amides is 2. The standard InChI is InChI=1S/C13H14BrClN2O2/c1-7-11(18)16-13(2,3)12(19)17(7)10-5-4-8(14)6-9(10)15/h4-7H,1-3H3,(H,16,18). The third-order valence-electron chi connectivity index (χ3n) is 3.13. The largest absolute Gasteiger partial charge is 0.340 e. The Kier molecular flexibility index (Phi) is 3.62. The third kappa shape index (κ3) is 2.49. The van der Waals surface area contributed by atoms with Gasteiger partial charge in [0.25, 0.3) is 5.91 Å². The summed E-state index contributed by atoms with van der Waals surface area (Å²) < 4.78 is 0.821. The number of rotatable bonds is 1. The molecule has 0 radical (unpaired) electrons. The molecule has 0 bridgehead atoms. The number of anilines is 1. The van der Waals surface area contributed by atoms with E-state index in [0.717, 1.165) is 4.47 Å². The molecular formula is C13H14BrClN2O2. The molecule has 1 heterocycles. The molecule has 1 aliphatic heterocycles. The quantitative estimate of drug-likeness (QED) is 0.851. The highest BCUT2D eigenvalue weighted by atomic mass is 79.9. The van der Waals surface area contributed by atoms with E-state index in [0.29, 0.717) is 10.7 Å². The molecule has 1 unspecified atom stereocenters. The second-order valence-corrected chi connectivity index (χ2v) is 6.38. The Morgan fingerprint density at radius 1 is 1.37 bits per heavy atom. The molecule has 0 saturated carbocycles. The number of halogens is 2. The van der Waals surface area contributed by atoms with Crippen molar-refractivity contribution in [3.8, 4) is 0 Å². The molecule has 1 fully saturated rings. The van der Waals surface area contributed by atoms with Crippen LogP contribution in [-0.4, -0.2) is 23.4 Å². The molecule has 102 valence electrons. The monoisotopic (exact) mass is 344 g/mol. The second-order valence-electron chi connectivity index (χ2n) is 5.06. The van der Waals surface area contributed by atoms with E-state index < -0.39 is 11.6 Å². The Bertz CT molecular complexity index is 560. The van der Waals surface area contributed by atoms with Gasteiger partial charge in [0.2, 0.25) is 5.91 Å². The number of carbonyl (C=O) groups is 2. The molecule has 1 aromatic carbocycles. The normalized spacial score (nSPS) is 22.4. The first kappa shape index (κ1) is 14.3. The molecule has 1 atom stereocenters. The lowest BCUT2D eigenvalue weighted by atomic mass is 9.96. The zero-order chi connectivity index (χ0) is 14.4. The zero-order valence-electron chi connectivity index (χ0n) is 10.8. The molecule has 1 aromatic rings. The van der Waals surface area contributed by atoms with Gasteiger partial charge in [0, 0.05) is 4.47 Å². The van der Waals surface area contributed by atoms with Crippen LogP contribution in [0.3, 0.4) is 0 Å². The van der Waals surface area contributed by atoms with Gasteiger partial charge in [-0.2, -0.15) is 0 Å². The number of carbonyl (C=O) groups excluding carboxylic acids is 2. The molecule has 2 amide bonds. The first-order valence-electron chi connectivity index (χ1n) is 5.85. The van der Waals surface area contributed by atoms with Crippen molar-refractivity contribution in [3.05, 3.63) is 27.7 Å². The van der Waals surface area contributed by atoms with Gasteiger partial charge in [-0.15, -0.1) is 0 Å². The van der Waals surface area contributed by atoms with Crippen LogP contribution >= 0.6 is 27.5 Å². The van der Waals surface area contributed by atoms with Crippen LogP contribution in [0.1, 0.15) is 20.8 Å². The third-order valence-corrected chi connectivity index (χ3v) is 3.92. The lowest BCUT2D eigenvalue weighted by molar-refractivity contribution is -0.136. The second kappa shape index (κ2) is 4.80. The summed E-state index contributed by atoms with van der Waals surface area (Å²) in [6.07, 6.45) is 0. The smallest absolute Gasteiger partial charge is 0.252 e. The van der Waals surface area contributed by atoms with Crippen LogP contribution in [0.15, 0.2) is 22.7 Å². The van der Waals surface area contributed by atoms with Crippen molar-refractivity contribution >= 4 is 45.0 Å². The number of nitrogens with zero attached hydrogens (tertiary/aromatic N) is 1. The molecule has 2 rings (SSSR count). The molecule has 6 heteroatoms. The van der Waals surface area contributed by atoms with Gasteiger partial charge in [-0.05, 0) is 39.0 Å². The van der Waals surface area contributed by atoms with Crippen LogP contribution < -0.4 is 10.2 Å². The SMILES string of the molecule is CC1C(=O)NC(C)(C)C(=O)N1c1ccc(Br)cc1Cl. The van der Waals surface area contributed by atoms with Gasteiger partial charge in [0.15, 0.2) is 0 Å². The first-order valence-corrected chi connectivity index (χ1v) is 7.02. The van der Waals surface area contributed by atoms with Gasteiger partial charge in [-0.25, -0.2) is 0 Å². The number of hydrogen-bond acceptors (Lipinski definition) is 2. The van der Waals surface area contributed by atoms with Gasteiger partial charge < -0.3 is 5.32 Å². The molecule has 0 aliphatic carbocycles. The van der Waals surface area contributed by atoms with Crippen LogP contribution in [0.2, 0.25) is 5.02 Å². The number of hydrogen-bond donors (Lipinski definition) is 1. The van der Waals surface area contributed by atoms with Crippen molar-refractivity contribution in [2.45, 2.75) is 32.4 Å². The van der Waals surface area contributed by atoms with E-state index in [1.807, 2.05) is 0 Å². The van der Waals surface area contributed by atoms with Crippen LogP contribution in [0, 0.1) is 0 Å². The predicted molar refractivity (Wildman–Crippen MR) is 78.3 cm³/mol. The molecule has 19 heavy (non-hydrogen) atoms. The summed E-state index contributed by atoms with van der Waals surface area (Å²) in [5.41, 5.74) is -0.384. The Balaban J connectivity index is 2.51. The maximum Gasteiger partial charge on any atom is 0.252 e. The van der Waals surface area contributed by atoms with Crippen molar-refractivity contribution in [1.82, 2.24) is 5.32 Å². The number of piperazine rings is 1. The molecule has 0 spiro atoms. The van der Waals surface area contributed by atoms with Gasteiger partial charge in [-0.3, -0.25) is 14.5 Å². The minimum Gasteiger partial charge on any atom is -0.340 e. The van der Waals surface area contributed by atoms with Crippen molar-refractivity contribution in [2.24, 2.45) is 0 Å². The van der Waals surface area contributed by atoms with Crippen molar-refractivity contribution in [1.29, 1.82) is 0 Å². The van der Waals surface area contributed by atoms with E-state index in [1.54, 1.807) is 39.0 Å². The van der Waals surface area contributed by atoms with E-state index in [4.69, 9.17) is 11.6 Å². The fourth-order valence-electron chi connectivity index (χ4n) is 2.05. The Hall–Kier alpha value is -1.07.